The van der Waals surface area contributed by atoms with Crippen LogP contribution in [0.3, 0.4) is 0 Å². The maximum absolute atomic E-state index is 13.4. The number of nitrogens with zero attached hydrogens (tertiary/aromatic N) is 1. The number of hydrogen-bond donors (Lipinski definition) is 0. The number of ether oxygens (including phenoxy) is 1. The predicted molar refractivity (Wildman–Crippen MR) is 61.0 cm³/mol. The molecule has 0 atom stereocenters. The van der Waals surface area contributed by atoms with Gasteiger partial charge in [-0.25, -0.2) is 9.18 Å². The molecular weight excluding hydrogens is 221 g/mol. The van der Waals surface area contributed by atoms with Gasteiger partial charge in [-0.3, -0.25) is 4.98 Å². The number of pyridine rings is 1. The first-order valence-corrected chi connectivity index (χ1v) is 5.00. The molecule has 0 aliphatic carbocycles. The van der Waals surface area contributed by atoms with Crippen LogP contribution < -0.4 is 0 Å². The summed E-state index contributed by atoms with van der Waals surface area (Å²) in [5.41, 5.74) is 1.53. The van der Waals surface area contributed by atoms with Crippen LogP contribution in [0.2, 0.25) is 0 Å². The van der Waals surface area contributed by atoms with Crippen molar-refractivity contribution in [2.45, 2.75) is 0 Å². The number of carbonyl (C=O) groups excluding carboxylic acids is 1. The fourth-order valence-corrected chi connectivity index (χ4v) is 1.53. The van der Waals surface area contributed by atoms with Gasteiger partial charge in [0, 0.05) is 18.0 Å². The van der Waals surface area contributed by atoms with Crippen LogP contribution >= 0.6 is 0 Å². The Morgan fingerprint density at radius 2 is 2.12 bits per heavy atom. The number of esters is 1. The van der Waals surface area contributed by atoms with Gasteiger partial charge in [-0.05, 0) is 29.8 Å². The van der Waals surface area contributed by atoms with E-state index in [9.17, 15) is 9.18 Å². The van der Waals surface area contributed by atoms with Gasteiger partial charge in [0.25, 0.3) is 0 Å². The molecule has 2 rings (SSSR count). The van der Waals surface area contributed by atoms with Crippen LogP contribution in [0.15, 0.2) is 42.7 Å². The molecule has 17 heavy (non-hydrogen) atoms. The molecule has 0 aliphatic heterocycles. The highest BCUT2D eigenvalue weighted by molar-refractivity contribution is 5.91. The number of rotatable bonds is 2. The normalized spacial score (nSPS) is 10.0. The van der Waals surface area contributed by atoms with E-state index in [0.29, 0.717) is 5.56 Å². The maximum atomic E-state index is 13.4. The van der Waals surface area contributed by atoms with Gasteiger partial charge in [-0.15, -0.1) is 0 Å². The average Bonchev–Trinajstić information content (AvgIpc) is 2.38. The van der Waals surface area contributed by atoms with Gasteiger partial charge in [0.15, 0.2) is 0 Å². The monoisotopic (exact) mass is 231 g/mol. The zero-order valence-electron chi connectivity index (χ0n) is 9.18. The Morgan fingerprint density at radius 1 is 1.29 bits per heavy atom. The quantitative estimate of drug-likeness (QED) is 0.746. The Morgan fingerprint density at radius 3 is 2.76 bits per heavy atom. The summed E-state index contributed by atoms with van der Waals surface area (Å²) in [5, 5.41) is 0. The van der Waals surface area contributed by atoms with Crippen molar-refractivity contribution >= 4 is 5.97 Å². The van der Waals surface area contributed by atoms with E-state index < -0.39 is 11.8 Å². The van der Waals surface area contributed by atoms with Crippen molar-refractivity contribution < 1.29 is 13.9 Å². The highest BCUT2D eigenvalue weighted by Crippen LogP contribution is 2.21. The van der Waals surface area contributed by atoms with Crippen molar-refractivity contribution in [2.24, 2.45) is 0 Å². The van der Waals surface area contributed by atoms with Gasteiger partial charge in [0.05, 0.1) is 12.7 Å². The lowest BCUT2D eigenvalue weighted by Crippen LogP contribution is -2.02. The van der Waals surface area contributed by atoms with E-state index in [-0.39, 0.29) is 5.56 Å². The summed E-state index contributed by atoms with van der Waals surface area (Å²) in [6, 6.07) is 7.61. The number of methoxy groups -OCH3 is 1. The average molecular weight is 231 g/mol. The van der Waals surface area contributed by atoms with Crippen molar-refractivity contribution in [3.05, 3.63) is 54.1 Å². The largest absolute Gasteiger partial charge is 0.465 e. The maximum Gasteiger partial charge on any atom is 0.337 e. The Bertz CT molecular complexity index is 540. The number of benzene rings is 1. The predicted octanol–water partition coefficient (Wildman–Crippen LogP) is 2.67. The first-order valence-electron chi connectivity index (χ1n) is 5.00. The minimum atomic E-state index is -0.561. The summed E-state index contributed by atoms with van der Waals surface area (Å²) in [5.74, 6) is -1.04. The molecule has 2 aromatic rings. The summed E-state index contributed by atoms with van der Waals surface area (Å²) >= 11 is 0. The Hall–Kier alpha value is -2.23. The molecule has 3 nitrogen and oxygen atoms in total. The van der Waals surface area contributed by atoms with Gasteiger partial charge >= 0.3 is 5.97 Å². The number of aromatic nitrogens is 1. The molecule has 1 aromatic heterocycles. The Kier molecular flexibility index (Phi) is 3.14. The highest BCUT2D eigenvalue weighted by atomic mass is 19.1. The minimum absolute atomic E-state index is 0.186. The third-order valence-electron chi connectivity index (χ3n) is 2.31. The van der Waals surface area contributed by atoms with Crippen LogP contribution in [-0.4, -0.2) is 18.1 Å². The molecule has 0 N–H and O–H groups in total. The molecule has 1 heterocycles. The van der Waals surface area contributed by atoms with E-state index in [0.717, 1.165) is 11.6 Å². The number of carbonyl (C=O) groups is 1. The first-order chi connectivity index (χ1) is 8.20. The fourth-order valence-electron chi connectivity index (χ4n) is 1.53. The summed E-state index contributed by atoms with van der Waals surface area (Å²) in [6.45, 7) is 0. The van der Waals surface area contributed by atoms with Crippen LogP contribution in [0.25, 0.3) is 11.1 Å². The van der Waals surface area contributed by atoms with Gasteiger partial charge < -0.3 is 4.74 Å². The standard InChI is InChI=1S/C13H10FNO2/c1-17-13(16)11-5-10(6-12(14)7-11)9-3-2-4-15-8-9/h2-8H,1H3. The SMILES string of the molecule is COC(=O)c1cc(F)cc(-c2cccnc2)c1. The third kappa shape index (κ3) is 2.47. The topological polar surface area (TPSA) is 39.2 Å². The Balaban J connectivity index is 2.49. The number of hydrogen-bond acceptors (Lipinski definition) is 3. The van der Waals surface area contributed by atoms with E-state index in [1.807, 2.05) is 0 Å². The van der Waals surface area contributed by atoms with E-state index >= 15 is 0 Å². The van der Waals surface area contributed by atoms with E-state index in [1.165, 1.54) is 13.2 Å². The second-order valence-electron chi connectivity index (χ2n) is 3.46. The Labute approximate surface area is 97.9 Å². The molecule has 0 amide bonds. The fraction of sp³-hybridized carbons (Fsp3) is 0.0769. The van der Waals surface area contributed by atoms with Crippen LogP contribution in [0.5, 0.6) is 0 Å². The summed E-state index contributed by atoms with van der Waals surface area (Å²) in [6.07, 6.45) is 3.24. The van der Waals surface area contributed by atoms with Crippen molar-refractivity contribution in [2.75, 3.05) is 7.11 Å². The lowest BCUT2D eigenvalue weighted by Gasteiger charge is -2.04. The van der Waals surface area contributed by atoms with E-state index in [4.69, 9.17) is 0 Å². The summed E-state index contributed by atoms with van der Waals surface area (Å²) < 4.78 is 17.9. The van der Waals surface area contributed by atoms with Crippen molar-refractivity contribution in [3.8, 4) is 11.1 Å². The van der Waals surface area contributed by atoms with Crippen LogP contribution in [0.4, 0.5) is 4.39 Å². The molecule has 1 aromatic carbocycles. The summed E-state index contributed by atoms with van der Waals surface area (Å²) in [4.78, 5) is 15.3. The molecular formula is C13H10FNO2. The molecule has 0 spiro atoms. The van der Waals surface area contributed by atoms with E-state index in [2.05, 4.69) is 9.72 Å². The molecule has 0 fully saturated rings. The first kappa shape index (κ1) is 11.3. The van der Waals surface area contributed by atoms with Crippen LogP contribution in [0.1, 0.15) is 10.4 Å². The number of halogens is 1. The van der Waals surface area contributed by atoms with Gasteiger partial charge in [-0.2, -0.15) is 0 Å². The smallest absolute Gasteiger partial charge is 0.337 e. The zero-order valence-corrected chi connectivity index (χ0v) is 9.18. The molecule has 0 unspecified atom stereocenters. The molecule has 4 heteroatoms. The van der Waals surface area contributed by atoms with Crippen molar-refractivity contribution in [1.82, 2.24) is 4.98 Å². The van der Waals surface area contributed by atoms with Crippen molar-refractivity contribution in [1.29, 1.82) is 0 Å². The van der Waals surface area contributed by atoms with Crippen molar-refractivity contribution in [3.63, 3.8) is 0 Å². The lowest BCUT2D eigenvalue weighted by molar-refractivity contribution is 0.0600. The molecule has 86 valence electrons. The molecule has 0 bridgehead atoms. The van der Waals surface area contributed by atoms with Crippen LogP contribution in [0, 0.1) is 5.82 Å². The lowest BCUT2D eigenvalue weighted by atomic mass is 10.0. The molecule has 0 saturated heterocycles. The second-order valence-corrected chi connectivity index (χ2v) is 3.46. The van der Waals surface area contributed by atoms with Crippen LogP contribution in [-0.2, 0) is 4.74 Å². The summed E-state index contributed by atoms with van der Waals surface area (Å²) in [7, 11) is 1.26. The molecule has 0 radical (unpaired) electrons. The van der Waals surface area contributed by atoms with Gasteiger partial charge in [0.1, 0.15) is 5.82 Å². The zero-order chi connectivity index (χ0) is 12.3. The molecule has 0 saturated carbocycles. The van der Waals surface area contributed by atoms with E-state index in [1.54, 1.807) is 30.6 Å². The highest BCUT2D eigenvalue weighted by Gasteiger charge is 2.09. The third-order valence-corrected chi connectivity index (χ3v) is 2.31. The van der Waals surface area contributed by atoms with Gasteiger partial charge in [0.2, 0.25) is 0 Å². The second kappa shape index (κ2) is 4.74. The van der Waals surface area contributed by atoms with Gasteiger partial charge in [-0.1, -0.05) is 6.07 Å². The molecule has 0 aliphatic rings. The minimum Gasteiger partial charge on any atom is -0.465 e.